The van der Waals surface area contributed by atoms with Crippen LogP contribution in [0.4, 0.5) is 9.52 Å². The molecule has 0 amide bonds. The van der Waals surface area contributed by atoms with Crippen molar-refractivity contribution in [3.05, 3.63) is 39.6 Å². The van der Waals surface area contributed by atoms with Gasteiger partial charge in [-0.2, -0.15) is 0 Å². The van der Waals surface area contributed by atoms with Crippen LogP contribution in [0.3, 0.4) is 0 Å². The number of aromatic nitrogens is 1. The molecule has 3 nitrogen and oxygen atoms in total. The van der Waals surface area contributed by atoms with Gasteiger partial charge in [-0.25, -0.2) is 9.37 Å². The summed E-state index contributed by atoms with van der Waals surface area (Å²) in [5, 5.41) is 4.02. The molecular formula is C12H12BrFN2OS. The number of thiazole rings is 1. The molecule has 0 aliphatic carbocycles. The fraction of sp³-hybridized carbons (Fsp3) is 0.250. The van der Waals surface area contributed by atoms with Gasteiger partial charge in [-0.15, -0.1) is 0 Å². The van der Waals surface area contributed by atoms with E-state index in [9.17, 15) is 4.39 Å². The molecule has 0 saturated heterocycles. The molecule has 0 saturated carbocycles. The predicted molar refractivity (Wildman–Crippen MR) is 74.7 cm³/mol. The zero-order chi connectivity index (χ0) is 13.0. The maximum Gasteiger partial charge on any atom is 0.182 e. The van der Waals surface area contributed by atoms with E-state index >= 15 is 0 Å². The van der Waals surface area contributed by atoms with Crippen molar-refractivity contribution in [2.75, 3.05) is 11.9 Å². The molecule has 96 valence electrons. The predicted octanol–water partition coefficient (Wildman–Crippen LogP) is 4.06. The van der Waals surface area contributed by atoms with E-state index in [1.165, 1.54) is 6.07 Å². The molecule has 1 aromatic heterocycles. The van der Waals surface area contributed by atoms with Crippen LogP contribution in [0.5, 0.6) is 5.75 Å². The number of hydrogen-bond donors (Lipinski definition) is 1. The second-order valence-electron chi connectivity index (χ2n) is 3.53. The Balaban J connectivity index is 1.95. The van der Waals surface area contributed by atoms with E-state index in [4.69, 9.17) is 4.74 Å². The summed E-state index contributed by atoms with van der Waals surface area (Å²) in [7, 11) is 0. The van der Waals surface area contributed by atoms with E-state index in [0.717, 1.165) is 16.6 Å². The van der Waals surface area contributed by atoms with Gasteiger partial charge >= 0.3 is 0 Å². The second-order valence-corrected chi connectivity index (χ2v) is 5.50. The minimum Gasteiger partial charge on any atom is -0.488 e. The van der Waals surface area contributed by atoms with E-state index in [-0.39, 0.29) is 5.82 Å². The van der Waals surface area contributed by atoms with Crippen LogP contribution in [0.25, 0.3) is 0 Å². The molecule has 2 rings (SSSR count). The van der Waals surface area contributed by atoms with Gasteiger partial charge in [0, 0.05) is 12.7 Å². The molecule has 0 spiro atoms. The highest BCUT2D eigenvalue weighted by atomic mass is 79.9. The van der Waals surface area contributed by atoms with Crippen molar-refractivity contribution in [3.8, 4) is 5.75 Å². The lowest BCUT2D eigenvalue weighted by atomic mass is 10.3. The number of nitrogens with zero attached hydrogens (tertiary/aromatic N) is 1. The minimum atomic E-state index is -0.297. The smallest absolute Gasteiger partial charge is 0.182 e. The van der Waals surface area contributed by atoms with Crippen LogP contribution in [0.15, 0.2) is 28.9 Å². The normalized spacial score (nSPS) is 10.4. The minimum absolute atomic E-state index is 0.297. The molecule has 0 bridgehead atoms. The largest absolute Gasteiger partial charge is 0.488 e. The van der Waals surface area contributed by atoms with Gasteiger partial charge in [0.15, 0.2) is 5.13 Å². The van der Waals surface area contributed by atoms with E-state index in [0.29, 0.717) is 16.8 Å². The average molecular weight is 331 g/mol. The van der Waals surface area contributed by atoms with Crippen molar-refractivity contribution in [3.63, 3.8) is 0 Å². The molecule has 0 aliphatic rings. The highest BCUT2D eigenvalue weighted by molar-refractivity contribution is 9.10. The molecule has 18 heavy (non-hydrogen) atoms. The third-order valence-corrected chi connectivity index (χ3v) is 3.69. The number of nitrogens with one attached hydrogen (secondary N) is 1. The van der Waals surface area contributed by atoms with Gasteiger partial charge in [-0.05, 0) is 41.1 Å². The lowest BCUT2D eigenvalue weighted by molar-refractivity contribution is 0.309. The molecule has 6 heteroatoms. The number of halogens is 2. The molecule has 1 N–H and O–H groups in total. The highest BCUT2D eigenvalue weighted by Crippen LogP contribution is 2.24. The first kappa shape index (κ1) is 13.3. The quantitative estimate of drug-likeness (QED) is 0.897. The Morgan fingerprint density at radius 2 is 2.33 bits per heavy atom. The zero-order valence-corrected chi connectivity index (χ0v) is 12.1. The summed E-state index contributed by atoms with van der Waals surface area (Å²) in [5.41, 5.74) is 0. The van der Waals surface area contributed by atoms with Crippen LogP contribution in [0, 0.1) is 5.82 Å². The summed E-state index contributed by atoms with van der Waals surface area (Å²) in [6, 6.07) is 4.59. The van der Waals surface area contributed by atoms with Crippen LogP contribution < -0.4 is 10.1 Å². The molecule has 0 aliphatic heterocycles. The van der Waals surface area contributed by atoms with Crippen LogP contribution in [0.1, 0.15) is 11.8 Å². The van der Waals surface area contributed by atoms with Gasteiger partial charge in [-0.3, -0.25) is 0 Å². The first-order valence-electron chi connectivity index (χ1n) is 5.45. The second kappa shape index (κ2) is 6.15. The monoisotopic (exact) mass is 330 g/mol. The van der Waals surface area contributed by atoms with Crippen LogP contribution in [0.2, 0.25) is 0 Å². The summed E-state index contributed by atoms with van der Waals surface area (Å²) in [4.78, 5) is 5.23. The number of rotatable bonds is 5. The van der Waals surface area contributed by atoms with Gasteiger partial charge in [0.25, 0.3) is 0 Å². The lowest BCUT2D eigenvalue weighted by Crippen LogP contribution is -1.94. The van der Waals surface area contributed by atoms with Crippen molar-refractivity contribution < 1.29 is 9.13 Å². The van der Waals surface area contributed by atoms with Gasteiger partial charge in [-0.1, -0.05) is 11.3 Å². The molecule has 0 atom stereocenters. The van der Waals surface area contributed by atoms with Crippen LogP contribution >= 0.6 is 27.3 Å². The summed E-state index contributed by atoms with van der Waals surface area (Å²) in [5.74, 6) is 0.330. The van der Waals surface area contributed by atoms with Crippen molar-refractivity contribution >= 4 is 32.4 Å². The molecule has 0 radical (unpaired) electrons. The molecular weight excluding hydrogens is 319 g/mol. The van der Waals surface area contributed by atoms with Crippen LogP contribution in [-0.2, 0) is 6.61 Å². The number of anilines is 1. The third-order valence-electron chi connectivity index (χ3n) is 2.15. The van der Waals surface area contributed by atoms with E-state index < -0.39 is 0 Å². The fourth-order valence-electron chi connectivity index (χ4n) is 1.33. The Bertz CT molecular complexity index is 533. The van der Waals surface area contributed by atoms with Crippen molar-refractivity contribution in [1.29, 1.82) is 0 Å². The van der Waals surface area contributed by atoms with Gasteiger partial charge in [0.05, 0.1) is 9.35 Å². The maximum atomic E-state index is 13.0. The molecule has 0 fully saturated rings. The van der Waals surface area contributed by atoms with Gasteiger partial charge in [0.2, 0.25) is 0 Å². The molecule has 0 unspecified atom stereocenters. The highest BCUT2D eigenvalue weighted by Gasteiger charge is 2.04. The van der Waals surface area contributed by atoms with Crippen molar-refractivity contribution in [2.24, 2.45) is 0 Å². The Morgan fingerprint density at radius 3 is 3.06 bits per heavy atom. The molecule has 1 aromatic carbocycles. The number of hydrogen-bond acceptors (Lipinski definition) is 4. The summed E-state index contributed by atoms with van der Waals surface area (Å²) >= 11 is 4.67. The number of ether oxygens (including phenoxy) is 1. The first-order chi connectivity index (χ1) is 8.69. The average Bonchev–Trinajstić information content (AvgIpc) is 2.79. The summed E-state index contributed by atoms with van der Waals surface area (Å²) < 4.78 is 19.0. The third kappa shape index (κ3) is 3.43. The molecule has 1 heterocycles. The lowest BCUT2D eigenvalue weighted by Gasteiger charge is -2.04. The van der Waals surface area contributed by atoms with Gasteiger partial charge < -0.3 is 10.1 Å². The Hall–Kier alpha value is -1.14. The maximum absolute atomic E-state index is 13.0. The molecule has 2 aromatic rings. The van der Waals surface area contributed by atoms with Crippen molar-refractivity contribution in [2.45, 2.75) is 13.5 Å². The Kier molecular flexibility index (Phi) is 4.54. The summed E-state index contributed by atoms with van der Waals surface area (Å²) in [6.45, 7) is 3.30. The number of benzene rings is 1. The van der Waals surface area contributed by atoms with E-state index in [1.54, 1.807) is 29.7 Å². The van der Waals surface area contributed by atoms with E-state index in [2.05, 4.69) is 26.2 Å². The summed E-state index contributed by atoms with van der Waals surface area (Å²) in [6.07, 6.45) is 1.78. The fourth-order valence-corrected chi connectivity index (χ4v) is 2.48. The SMILES string of the molecule is CCNc1ncc(COc2ccc(F)c(Br)c2)s1. The first-order valence-corrected chi connectivity index (χ1v) is 7.06. The topological polar surface area (TPSA) is 34.2 Å². The Labute approximate surface area is 117 Å². The Morgan fingerprint density at radius 1 is 1.50 bits per heavy atom. The zero-order valence-electron chi connectivity index (χ0n) is 9.74. The van der Waals surface area contributed by atoms with E-state index in [1.807, 2.05) is 6.92 Å². The van der Waals surface area contributed by atoms with Gasteiger partial charge in [0.1, 0.15) is 18.2 Å². The van der Waals surface area contributed by atoms with Crippen LogP contribution in [-0.4, -0.2) is 11.5 Å². The standard InChI is InChI=1S/C12H12BrFN2OS/c1-2-15-12-16-6-9(18-12)7-17-8-3-4-11(14)10(13)5-8/h3-6H,2,7H2,1H3,(H,15,16). The van der Waals surface area contributed by atoms with Crippen molar-refractivity contribution in [1.82, 2.24) is 4.98 Å².